The van der Waals surface area contributed by atoms with Gasteiger partial charge in [0.05, 0.1) is 15.8 Å². The normalized spacial score (nSPS) is 13.0. The van der Waals surface area contributed by atoms with Crippen LogP contribution in [0.1, 0.15) is 17.8 Å². The molecule has 92 valence electrons. The second-order valence-corrected chi connectivity index (χ2v) is 6.46. The van der Waals surface area contributed by atoms with Crippen molar-refractivity contribution in [2.24, 2.45) is 0 Å². The Morgan fingerprint density at radius 2 is 2.17 bits per heavy atom. The van der Waals surface area contributed by atoms with Gasteiger partial charge in [-0.2, -0.15) is 5.10 Å². The molecule has 3 aromatic rings. The molecule has 18 heavy (non-hydrogen) atoms. The first-order chi connectivity index (χ1) is 8.66. The lowest BCUT2D eigenvalue weighted by atomic mass is 10.2. The number of thiophene rings is 1. The number of hydrogen-bond donors (Lipinski definition) is 1. The van der Waals surface area contributed by atoms with E-state index >= 15 is 0 Å². The van der Waals surface area contributed by atoms with Crippen LogP contribution < -0.4 is 5.73 Å². The van der Waals surface area contributed by atoms with Crippen molar-refractivity contribution in [3.05, 3.63) is 45.0 Å². The SMILES string of the molecule is CC(c1cc2ccccc2s1)n1ncc(I)c1N. The zero-order chi connectivity index (χ0) is 12.7. The summed E-state index contributed by atoms with van der Waals surface area (Å²) >= 11 is 4.01. The summed E-state index contributed by atoms with van der Waals surface area (Å²) in [6.45, 7) is 2.13. The average molecular weight is 369 g/mol. The molecule has 0 spiro atoms. The van der Waals surface area contributed by atoms with Gasteiger partial charge in [0.25, 0.3) is 0 Å². The van der Waals surface area contributed by atoms with Crippen molar-refractivity contribution in [1.29, 1.82) is 0 Å². The van der Waals surface area contributed by atoms with E-state index in [2.05, 4.69) is 64.9 Å². The number of fused-ring (bicyclic) bond motifs is 1. The maximum absolute atomic E-state index is 6.03. The first-order valence-electron chi connectivity index (χ1n) is 5.64. The summed E-state index contributed by atoms with van der Waals surface area (Å²) in [7, 11) is 0. The molecular weight excluding hydrogens is 357 g/mol. The first kappa shape index (κ1) is 12.0. The molecule has 2 heterocycles. The minimum absolute atomic E-state index is 0.172. The van der Waals surface area contributed by atoms with Gasteiger partial charge in [0.2, 0.25) is 0 Å². The molecule has 0 fully saturated rings. The number of anilines is 1. The summed E-state index contributed by atoms with van der Waals surface area (Å²) < 4.78 is 4.19. The first-order valence-corrected chi connectivity index (χ1v) is 7.53. The summed E-state index contributed by atoms with van der Waals surface area (Å²) in [6, 6.07) is 10.8. The van der Waals surface area contributed by atoms with Gasteiger partial charge in [-0.1, -0.05) is 18.2 Å². The summed E-state index contributed by atoms with van der Waals surface area (Å²) in [5.74, 6) is 0.737. The van der Waals surface area contributed by atoms with Gasteiger partial charge in [0.1, 0.15) is 5.82 Å². The van der Waals surface area contributed by atoms with Gasteiger partial charge in [-0.3, -0.25) is 0 Å². The Hall–Kier alpha value is -1.08. The number of nitrogens with two attached hydrogens (primary N) is 1. The lowest BCUT2D eigenvalue weighted by Crippen LogP contribution is -2.10. The van der Waals surface area contributed by atoms with Gasteiger partial charge in [0.15, 0.2) is 0 Å². The van der Waals surface area contributed by atoms with Crippen molar-refractivity contribution in [1.82, 2.24) is 9.78 Å². The number of aromatic nitrogens is 2. The van der Waals surface area contributed by atoms with Crippen molar-refractivity contribution in [3.63, 3.8) is 0 Å². The fourth-order valence-corrected chi connectivity index (χ4v) is 3.46. The van der Waals surface area contributed by atoms with E-state index in [-0.39, 0.29) is 6.04 Å². The standard InChI is InChI=1S/C13H12IN3S/c1-8(17-13(15)10(14)7-16-17)12-6-9-4-2-3-5-11(9)18-12/h2-8H,15H2,1H3. The molecule has 1 atom stereocenters. The van der Waals surface area contributed by atoms with Crippen LogP contribution in [0.25, 0.3) is 10.1 Å². The highest BCUT2D eigenvalue weighted by Gasteiger charge is 2.15. The molecule has 0 aliphatic rings. The lowest BCUT2D eigenvalue weighted by molar-refractivity contribution is 0.581. The van der Waals surface area contributed by atoms with E-state index in [1.54, 1.807) is 17.5 Å². The average Bonchev–Trinajstić information content (AvgIpc) is 2.94. The van der Waals surface area contributed by atoms with E-state index in [4.69, 9.17) is 5.73 Å². The van der Waals surface area contributed by atoms with Crippen molar-refractivity contribution in [2.45, 2.75) is 13.0 Å². The molecule has 0 amide bonds. The molecule has 0 saturated carbocycles. The van der Waals surface area contributed by atoms with Crippen LogP contribution in [0.4, 0.5) is 5.82 Å². The second kappa shape index (κ2) is 4.55. The summed E-state index contributed by atoms with van der Waals surface area (Å²) in [6.07, 6.45) is 1.81. The largest absolute Gasteiger partial charge is 0.383 e. The van der Waals surface area contributed by atoms with Crippen LogP contribution in [0.2, 0.25) is 0 Å². The van der Waals surface area contributed by atoms with E-state index in [1.807, 2.05) is 4.68 Å². The number of benzene rings is 1. The van der Waals surface area contributed by atoms with Crippen molar-refractivity contribution in [2.75, 3.05) is 5.73 Å². The number of nitrogens with zero attached hydrogens (tertiary/aromatic N) is 2. The third-order valence-corrected chi connectivity index (χ3v) is 5.13. The van der Waals surface area contributed by atoms with Crippen LogP contribution in [-0.4, -0.2) is 9.78 Å². The highest BCUT2D eigenvalue weighted by molar-refractivity contribution is 14.1. The zero-order valence-electron chi connectivity index (χ0n) is 9.80. The maximum Gasteiger partial charge on any atom is 0.135 e. The topological polar surface area (TPSA) is 43.8 Å². The molecule has 0 aliphatic carbocycles. The van der Waals surface area contributed by atoms with Crippen LogP contribution in [0.15, 0.2) is 36.5 Å². The van der Waals surface area contributed by atoms with Gasteiger partial charge in [0, 0.05) is 9.58 Å². The van der Waals surface area contributed by atoms with Crippen LogP contribution in [0.3, 0.4) is 0 Å². The van der Waals surface area contributed by atoms with E-state index in [1.165, 1.54) is 15.0 Å². The molecule has 5 heteroatoms. The highest BCUT2D eigenvalue weighted by Crippen LogP contribution is 2.32. The molecule has 0 radical (unpaired) electrons. The van der Waals surface area contributed by atoms with Crippen LogP contribution in [0, 0.1) is 3.57 Å². The fourth-order valence-electron chi connectivity index (χ4n) is 1.99. The van der Waals surface area contributed by atoms with E-state index in [9.17, 15) is 0 Å². The Balaban J connectivity index is 2.06. The van der Waals surface area contributed by atoms with Gasteiger partial charge in [-0.25, -0.2) is 4.68 Å². The second-order valence-electron chi connectivity index (χ2n) is 4.18. The summed E-state index contributed by atoms with van der Waals surface area (Å²) in [5, 5.41) is 5.63. The number of hydrogen-bond acceptors (Lipinski definition) is 3. The molecule has 2 aromatic heterocycles. The molecule has 3 rings (SSSR count). The summed E-state index contributed by atoms with van der Waals surface area (Å²) in [4.78, 5) is 1.28. The molecule has 0 saturated heterocycles. The van der Waals surface area contributed by atoms with E-state index in [0.717, 1.165) is 9.39 Å². The van der Waals surface area contributed by atoms with Crippen molar-refractivity contribution in [3.8, 4) is 0 Å². The molecule has 0 aliphatic heterocycles. The predicted octanol–water partition coefficient (Wildman–Crippen LogP) is 3.89. The molecule has 3 nitrogen and oxygen atoms in total. The number of halogens is 1. The Kier molecular flexibility index (Phi) is 3.03. The number of nitrogen functional groups attached to an aromatic ring is 1. The number of rotatable bonds is 2. The lowest BCUT2D eigenvalue weighted by Gasteiger charge is -2.11. The van der Waals surface area contributed by atoms with E-state index < -0.39 is 0 Å². The van der Waals surface area contributed by atoms with Crippen LogP contribution >= 0.6 is 33.9 Å². The fraction of sp³-hybridized carbons (Fsp3) is 0.154. The Morgan fingerprint density at radius 1 is 1.39 bits per heavy atom. The van der Waals surface area contributed by atoms with Crippen molar-refractivity contribution >= 4 is 49.8 Å². The Labute approximate surface area is 123 Å². The quantitative estimate of drug-likeness (QED) is 0.697. The van der Waals surface area contributed by atoms with Crippen molar-refractivity contribution < 1.29 is 0 Å². The van der Waals surface area contributed by atoms with Crippen LogP contribution in [-0.2, 0) is 0 Å². The molecular formula is C13H12IN3S. The molecule has 1 aromatic carbocycles. The third-order valence-electron chi connectivity index (χ3n) is 3.01. The highest BCUT2D eigenvalue weighted by atomic mass is 127. The molecule has 2 N–H and O–H groups in total. The third kappa shape index (κ3) is 1.91. The minimum atomic E-state index is 0.172. The zero-order valence-corrected chi connectivity index (χ0v) is 12.8. The van der Waals surface area contributed by atoms with Gasteiger partial charge in [-0.15, -0.1) is 11.3 Å². The minimum Gasteiger partial charge on any atom is -0.383 e. The smallest absolute Gasteiger partial charge is 0.135 e. The van der Waals surface area contributed by atoms with E-state index in [0.29, 0.717) is 0 Å². The maximum atomic E-state index is 6.03. The monoisotopic (exact) mass is 369 g/mol. The predicted molar refractivity (Wildman–Crippen MR) is 85.0 cm³/mol. The van der Waals surface area contributed by atoms with Gasteiger partial charge < -0.3 is 5.73 Å². The van der Waals surface area contributed by atoms with Gasteiger partial charge >= 0.3 is 0 Å². The van der Waals surface area contributed by atoms with Gasteiger partial charge in [-0.05, 0) is 47.0 Å². The molecule has 0 bridgehead atoms. The summed E-state index contributed by atoms with van der Waals surface area (Å²) in [5.41, 5.74) is 6.03. The Bertz CT molecular complexity index is 668. The molecule has 1 unspecified atom stereocenters. The Morgan fingerprint density at radius 3 is 2.83 bits per heavy atom. The van der Waals surface area contributed by atoms with Crippen LogP contribution in [0.5, 0.6) is 0 Å².